The van der Waals surface area contributed by atoms with Gasteiger partial charge in [-0.1, -0.05) is 25.5 Å². The molecule has 0 heterocycles. The minimum atomic E-state index is -3.69. The van der Waals surface area contributed by atoms with Gasteiger partial charge in [-0.05, 0) is 43.9 Å². The highest BCUT2D eigenvalue weighted by molar-refractivity contribution is 7.89. The Kier molecular flexibility index (Phi) is 4.39. The van der Waals surface area contributed by atoms with Gasteiger partial charge < -0.3 is 5.11 Å². The molecule has 2 N–H and O–H groups in total. The fourth-order valence-corrected chi connectivity index (χ4v) is 4.15. The van der Waals surface area contributed by atoms with Crippen molar-refractivity contribution in [2.24, 2.45) is 5.41 Å². The van der Waals surface area contributed by atoms with E-state index < -0.39 is 27.4 Å². The van der Waals surface area contributed by atoms with Crippen molar-refractivity contribution in [1.29, 1.82) is 0 Å². The monoisotopic (exact) mass is 311 g/mol. The van der Waals surface area contributed by atoms with Gasteiger partial charge in [-0.15, -0.1) is 0 Å². The Hall–Kier alpha value is -1.40. The van der Waals surface area contributed by atoms with Crippen LogP contribution in [0.2, 0.25) is 0 Å². The van der Waals surface area contributed by atoms with Crippen molar-refractivity contribution in [2.75, 3.05) is 0 Å². The van der Waals surface area contributed by atoms with E-state index in [0.717, 1.165) is 12.0 Å². The van der Waals surface area contributed by atoms with Gasteiger partial charge in [-0.25, -0.2) is 13.1 Å². The predicted octanol–water partition coefficient (Wildman–Crippen LogP) is 2.17. The lowest BCUT2D eigenvalue weighted by Gasteiger charge is -2.27. The first kappa shape index (κ1) is 16.0. The maximum absolute atomic E-state index is 12.4. The van der Waals surface area contributed by atoms with Crippen LogP contribution in [-0.2, 0) is 21.2 Å². The SMILES string of the molecule is CCc1ccc(S(=O)(=O)NC2CCCC2(C)C(=O)O)cc1. The number of sulfonamides is 1. The maximum atomic E-state index is 12.4. The largest absolute Gasteiger partial charge is 0.481 e. The molecule has 5 nitrogen and oxygen atoms in total. The first-order valence-electron chi connectivity index (χ1n) is 7.14. The van der Waals surface area contributed by atoms with E-state index in [-0.39, 0.29) is 4.90 Å². The number of carboxylic acids is 1. The summed E-state index contributed by atoms with van der Waals surface area (Å²) < 4.78 is 27.4. The van der Waals surface area contributed by atoms with Crippen LogP contribution in [0.25, 0.3) is 0 Å². The van der Waals surface area contributed by atoms with Gasteiger partial charge in [0.2, 0.25) is 10.0 Å². The van der Waals surface area contributed by atoms with Crippen LogP contribution in [0.3, 0.4) is 0 Å². The number of rotatable bonds is 5. The number of hydrogen-bond acceptors (Lipinski definition) is 3. The van der Waals surface area contributed by atoms with Crippen molar-refractivity contribution < 1.29 is 18.3 Å². The van der Waals surface area contributed by atoms with Crippen LogP contribution in [0.5, 0.6) is 0 Å². The first-order chi connectivity index (χ1) is 9.79. The summed E-state index contributed by atoms with van der Waals surface area (Å²) in [5, 5.41) is 9.34. The Labute approximate surface area is 125 Å². The Morgan fingerprint density at radius 2 is 2.00 bits per heavy atom. The minimum absolute atomic E-state index is 0.180. The van der Waals surface area contributed by atoms with Crippen molar-refractivity contribution in [1.82, 2.24) is 4.72 Å². The quantitative estimate of drug-likeness (QED) is 0.873. The van der Waals surface area contributed by atoms with Gasteiger partial charge in [0, 0.05) is 6.04 Å². The lowest BCUT2D eigenvalue weighted by atomic mass is 9.85. The van der Waals surface area contributed by atoms with Gasteiger partial charge in [0.1, 0.15) is 0 Å². The van der Waals surface area contributed by atoms with E-state index in [2.05, 4.69) is 4.72 Å². The molecule has 116 valence electrons. The van der Waals surface area contributed by atoms with Crippen molar-refractivity contribution >= 4 is 16.0 Å². The molecular formula is C15H21NO4S. The van der Waals surface area contributed by atoms with Crippen LogP contribution >= 0.6 is 0 Å². The summed E-state index contributed by atoms with van der Waals surface area (Å²) in [6.07, 6.45) is 2.59. The molecule has 1 aromatic rings. The number of benzene rings is 1. The molecule has 0 spiro atoms. The lowest BCUT2D eigenvalue weighted by molar-refractivity contribution is -0.148. The van der Waals surface area contributed by atoms with Crippen molar-refractivity contribution in [3.8, 4) is 0 Å². The zero-order chi connectivity index (χ0) is 15.7. The van der Waals surface area contributed by atoms with E-state index in [4.69, 9.17) is 0 Å². The summed E-state index contributed by atoms with van der Waals surface area (Å²) in [4.78, 5) is 11.6. The smallest absolute Gasteiger partial charge is 0.310 e. The summed E-state index contributed by atoms with van der Waals surface area (Å²) in [7, 11) is -3.69. The van der Waals surface area contributed by atoms with E-state index in [9.17, 15) is 18.3 Å². The number of carbonyl (C=O) groups is 1. The van der Waals surface area contributed by atoms with Crippen LogP contribution in [0.1, 0.15) is 38.7 Å². The number of aliphatic carboxylic acids is 1. The van der Waals surface area contributed by atoms with Gasteiger partial charge in [0.15, 0.2) is 0 Å². The minimum Gasteiger partial charge on any atom is -0.481 e. The standard InChI is InChI=1S/C15H21NO4S/c1-3-11-6-8-12(9-7-11)21(19,20)16-13-5-4-10-15(13,2)14(17)18/h6-9,13,16H,3-5,10H2,1-2H3,(H,17,18). The molecule has 1 aromatic carbocycles. The van der Waals surface area contributed by atoms with Crippen LogP contribution in [0.15, 0.2) is 29.2 Å². The number of hydrogen-bond donors (Lipinski definition) is 2. The van der Waals surface area contributed by atoms with Crippen molar-refractivity contribution in [3.63, 3.8) is 0 Å². The van der Waals surface area contributed by atoms with E-state index in [0.29, 0.717) is 19.3 Å². The van der Waals surface area contributed by atoms with E-state index in [1.54, 1.807) is 31.2 Å². The van der Waals surface area contributed by atoms with Crippen LogP contribution in [0, 0.1) is 5.41 Å². The Morgan fingerprint density at radius 1 is 1.38 bits per heavy atom. The van der Waals surface area contributed by atoms with Crippen LogP contribution in [-0.4, -0.2) is 25.5 Å². The van der Waals surface area contributed by atoms with Crippen LogP contribution in [0.4, 0.5) is 0 Å². The average molecular weight is 311 g/mol. The number of carboxylic acid groups (broad SMARTS) is 1. The molecule has 0 bridgehead atoms. The molecule has 2 rings (SSSR count). The summed E-state index contributed by atoms with van der Waals surface area (Å²) in [6.45, 7) is 3.61. The van der Waals surface area contributed by atoms with Gasteiger partial charge in [0.05, 0.1) is 10.3 Å². The first-order valence-corrected chi connectivity index (χ1v) is 8.62. The topological polar surface area (TPSA) is 83.5 Å². The molecule has 0 radical (unpaired) electrons. The highest BCUT2D eigenvalue weighted by Crippen LogP contribution is 2.38. The highest BCUT2D eigenvalue weighted by atomic mass is 32.2. The number of aryl methyl sites for hydroxylation is 1. The zero-order valence-electron chi connectivity index (χ0n) is 12.3. The van der Waals surface area contributed by atoms with E-state index in [1.807, 2.05) is 6.92 Å². The third-order valence-electron chi connectivity index (χ3n) is 4.39. The fourth-order valence-electron chi connectivity index (χ4n) is 2.77. The Balaban J connectivity index is 2.22. The average Bonchev–Trinajstić information content (AvgIpc) is 2.81. The molecule has 1 aliphatic rings. The van der Waals surface area contributed by atoms with Gasteiger partial charge in [-0.2, -0.15) is 0 Å². The third kappa shape index (κ3) is 3.11. The maximum Gasteiger partial charge on any atom is 0.310 e. The molecule has 2 atom stereocenters. The van der Waals surface area contributed by atoms with Gasteiger partial charge in [-0.3, -0.25) is 4.79 Å². The zero-order valence-corrected chi connectivity index (χ0v) is 13.1. The van der Waals surface area contributed by atoms with Crippen LogP contribution < -0.4 is 4.72 Å². The summed E-state index contributed by atoms with van der Waals surface area (Å²) in [5.74, 6) is -0.950. The molecular weight excluding hydrogens is 290 g/mol. The molecule has 21 heavy (non-hydrogen) atoms. The molecule has 0 saturated heterocycles. The molecule has 2 unspecified atom stereocenters. The molecule has 0 aromatic heterocycles. The third-order valence-corrected chi connectivity index (χ3v) is 5.87. The molecule has 6 heteroatoms. The summed E-state index contributed by atoms with van der Waals surface area (Å²) in [6, 6.07) is 6.12. The summed E-state index contributed by atoms with van der Waals surface area (Å²) >= 11 is 0. The van der Waals surface area contributed by atoms with Crippen molar-refractivity contribution in [2.45, 2.75) is 50.5 Å². The fraction of sp³-hybridized carbons (Fsp3) is 0.533. The molecule has 0 amide bonds. The molecule has 1 aliphatic carbocycles. The lowest BCUT2D eigenvalue weighted by Crippen LogP contribution is -2.46. The second-order valence-corrected chi connectivity index (χ2v) is 7.50. The van der Waals surface area contributed by atoms with Crippen molar-refractivity contribution in [3.05, 3.63) is 29.8 Å². The summed E-state index contributed by atoms with van der Waals surface area (Å²) in [5.41, 5.74) is 0.0290. The highest BCUT2D eigenvalue weighted by Gasteiger charge is 2.46. The molecule has 1 saturated carbocycles. The molecule has 1 fully saturated rings. The Morgan fingerprint density at radius 3 is 2.52 bits per heavy atom. The Bertz CT molecular complexity index is 624. The van der Waals surface area contributed by atoms with E-state index >= 15 is 0 Å². The molecule has 0 aliphatic heterocycles. The van der Waals surface area contributed by atoms with Gasteiger partial charge in [0.25, 0.3) is 0 Å². The second kappa shape index (κ2) is 5.77. The second-order valence-electron chi connectivity index (χ2n) is 5.79. The normalized spacial score (nSPS) is 25.9. The number of nitrogens with one attached hydrogen (secondary N) is 1. The predicted molar refractivity (Wildman–Crippen MR) is 79.5 cm³/mol. The van der Waals surface area contributed by atoms with E-state index in [1.165, 1.54) is 0 Å². The van der Waals surface area contributed by atoms with Gasteiger partial charge >= 0.3 is 5.97 Å².